The third-order valence-electron chi connectivity index (χ3n) is 1.50. The van der Waals surface area contributed by atoms with Crippen LogP contribution >= 0.6 is 10.7 Å². The van der Waals surface area contributed by atoms with Crippen LogP contribution in [-0.2, 0) is 9.15 Å². The van der Waals surface area contributed by atoms with Gasteiger partial charge in [-0.25, -0.2) is 0 Å². The van der Waals surface area contributed by atoms with Crippen LogP contribution in [0, 0.1) is 10.1 Å². The number of nitrogens with zero attached hydrogens (tertiary/aromatic N) is 1. The van der Waals surface area contributed by atoms with Crippen LogP contribution < -0.4 is 0 Å². The van der Waals surface area contributed by atoms with Gasteiger partial charge in [0, 0.05) is 23.3 Å². The minimum absolute atomic E-state index is 0.0970. The van der Waals surface area contributed by atoms with Crippen molar-refractivity contribution in [3.63, 3.8) is 0 Å². The van der Waals surface area contributed by atoms with E-state index >= 15 is 0 Å². The van der Waals surface area contributed by atoms with Crippen LogP contribution in [0.2, 0.25) is 0 Å². The highest BCUT2D eigenvalue weighted by molar-refractivity contribution is 8.23. The molecule has 0 aliphatic heterocycles. The van der Waals surface area contributed by atoms with Crippen molar-refractivity contribution in [3.05, 3.63) is 34.4 Å². The first-order valence-electron chi connectivity index (χ1n) is 3.43. The molecule has 0 radical (unpaired) electrons. The normalized spacial score (nSPS) is 12.5. The SMILES string of the molecule is C[SH](=O)(Cl)c1cccc([N+](=O)[O-])c1. The monoisotopic (exact) mass is 221 g/mol. The molecule has 0 heterocycles. The summed E-state index contributed by atoms with van der Waals surface area (Å²) in [7, 11) is 2.65. The van der Waals surface area contributed by atoms with Crippen LogP contribution in [0.3, 0.4) is 0 Å². The molecule has 13 heavy (non-hydrogen) atoms. The summed E-state index contributed by atoms with van der Waals surface area (Å²) in [5.41, 5.74) is -0.0970. The average molecular weight is 222 g/mol. The molecule has 1 aromatic carbocycles. The minimum Gasteiger partial charge on any atom is -0.266 e. The lowest BCUT2D eigenvalue weighted by Crippen LogP contribution is -2.00. The fraction of sp³-hybridized carbons (Fsp3) is 0.143. The number of thiol groups is 1. The Labute approximate surface area is 80.6 Å². The minimum atomic E-state index is -2.92. The second-order valence-electron chi connectivity index (χ2n) is 2.60. The van der Waals surface area contributed by atoms with Crippen LogP contribution in [-0.4, -0.2) is 15.4 Å². The molecule has 0 aliphatic carbocycles. The lowest BCUT2D eigenvalue weighted by atomic mass is 10.3. The molecular weight excluding hydrogens is 214 g/mol. The number of hydrogen-bond donors (Lipinski definition) is 1. The molecule has 0 bridgehead atoms. The van der Waals surface area contributed by atoms with E-state index in [-0.39, 0.29) is 5.69 Å². The van der Waals surface area contributed by atoms with Crippen molar-refractivity contribution in [2.75, 3.05) is 6.26 Å². The highest BCUT2D eigenvalue weighted by Crippen LogP contribution is 2.24. The fourth-order valence-electron chi connectivity index (χ4n) is 0.855. The lowest BCUT2D eigenvalue weighted by molar-refractivity contribution is -0.385. The van der Waals surface area contributed by atoms with Gasteiger partial charge in [-0.15, -0.1) is 0 Å². The molecule has 0 aromatic heterocycles. The highest BCUT2D eigenvalue weighted by atomic mass is 35.7. The molecule has 0 amide bonds. The number of nitro groups is 1. The van der Waals surface area contributed by atoms with Gasteiger partial charge in [0.05, 0.1) is 4.92 Å². The smallest absolute Gasteiger partial charge is 0.266 e. The Balaban J connectivity index is 3.21. The zero-order valence-electron chi connectivity index (χ0n) is 6.81. The number of nitro benzene ring substituents is 1. The van der Waals surface area contributed by atoms with Crippen molar-refractivity contribution in [1.29, 1.82) is 0 Å². The van der Waals surface area contributed by atoms with E-state index in [1.807, 2.05) is 0 Å². The van der Waals surface area contributed by atoms with Gasteiger partial charge in [-0.05, 0) is 25.9 Å². The zero-order chi connectivity index (χ0) is 10.1. The van der Waals surface area contributed by atoms with E-state index in [2.05, 4.69) is 0 Å². The van der Waals surface area contributed by atoms with Crippen molar-refractivity contribution in [3.8, 4) is 0 Å². The van der Waals surface area contributed by atoms with Gasteiger partial charge in [0.25, 0.3) is 5.69 Å². The van der Waals surface area contributed by atoms with Gasteiger partial charge in [0.1, 0.15) is 0 Å². The van der Waals surface area contributed by atoms with E-state index in [1.54, 1.807) is 0 Å². The van der Waals surface area contributed by atoms with Crippen LogP contribution in [0.15, 0.2) is 29.2 Å². The predicted octanol–water partition coefficient (Wildman–Crippen LogP) is 1.75. The number of hydrogen-bond acceptors (Lipinski definition) is 3. The molecule has 1 rings (SSSR count). The van der Waals surface area contributed by atoms with E-state index in [1.165, 1.54) is 30.5 Å². The molecule has 0 N–H and O–H groups in total. The first-order chi connectivity index (χ1) is 5.91. The molecular formula is C7H8ClNO3S. The molecule has 72 valence electrons. The summed E-state index contributed by atoms with van der Waals surface area (Å²) >= 11 is 0. The van der Waals surface area contributed by atoms with Gasteiger partial charge in [0.2, 0.25) is 0 Å². The highest BCUT2D eigenvalue weighted by Gasteiger charge is 2.12. The van der Waals surface area contributed by atoms with E-state index in [0.29, 0.717) is 4.90 Å². The third-order valence-corrected chi connectivity index (χ3v) is 3.29. The number of rotatable bonds is 2. The molecule has 0 spiro atoms. The number of halogens is 1. The first kappa shape index (κ1) is 10.1. The molecule has 0 atom stereocenters. The van der Waals surface area contributed by atoms with E-state index in [9.17, 15) is 14.3 Å². The Bertz CT molecular complexity index is 387. The average Bonchev–Trinajstić information content (AvgIpc) is 2.03. The summed E-state index contributed by atoms with van der Waals surface area (Å²) in [6, 6.07) is 5.54. The van der Waals surface area contributed by atoms with Crippen molar-refractivity contribution in [1.82, 2.24) is 0 Å². The Morgan fingerprint density at radius 3 is 2.62 bits per heavy atom. The molecule has 1 aromatic rings. The molecule has 0 saturated heterocycles. The van der Waals surface area contributed by atoms with Gasteiger partial charge in [-0.3, -0.25) is 14.3 Å². The van der Waals surface area contributed by atoms with Gasteiger partial charge in [-0.1, -0.05) is 6.07 Å². The first-order valence-corrected chi connectivity index (χ1v) is 6.49. The maximum absolute atomic E-state index is 11.3. The molecule has 0 saturated carbocycles. The molecule has 0 aliphatic rings. The topological polar surface area (TPSA) is 60.2 Å². The summed E-state index contributed by atoms with van der Waals surface area (Å²) in [5.74, 6) is 0. The summed E-state index contributed by atoms with van der Waals surface area (Å²) in [6.07, 6.45) is 1.35. The quantitative estimate of drug-likeness (QED) is 0.358. The lowest BCUT2D eigenvalue weighted by Gasteiger charge is -2.08. The Kier molecular flexibility index (Phi) is 2.68. The van der Waals surface area contributed by atoms with Crippen LogP contribution in [0.25, 0.3) is 0 Å². The van der Waals surface area contributed by atoms with Crippen molar-refractivity contribution in [2.24, 2.45) is 0 Å². The van der Waals surface area contributed by atoms with Gasteiger partial charge < -0.3 is 0 Å². The molecule has 0 fully saturated rings. The number of non-ortho nitro benzene ring substituents is 1. The van der Waals surface area contributed by atoms with Crippen molar-refractivity contribution in [2.45, 2.75) is 4.90 Å². The van der Waals surface area contributed by atoms with Gasteiger partial charge in [0.15, 0.2) is 0 Å². The van der Waals surface area contributed by atoms with E-state index < -0.39 is 14.1 Å². The summed E-state index contributed by atoms with van der Waals surface area (Å²) < 4.78 is 11.3. The van der Waals surface area contributed by atoms with Gasteiger partial charge >= 0.3 is 0 Å². The van der Waals surface area contributed by atoms with Crippen molar-refractivity contribution >= 4 is 25.5 Å². The molecule has 0 unspecified atom stereocenters. The second-order valence-corrected chi connectivity index (χ2v) is 6.69. The van der Waals surface area contributed by atoms with Crippen molar-refractivity contribution < 1.29 is 9.13 Å². The molecule has 4 nitrogen and oxygen atoms in total. The Hall–Kier alpha value is -0.940. The summed E-state index contributed by atoms with van der Waals surface area (Å²) in [5, 5.41) is 10.4. The van der Waals surface area contributed by atoms with Crippen LogP contribution in [0.5, 0.6) is 0 Å². The van der Waals surface area contributed by atoms with E-state index in [0.717, 1.165) is 0 Å². The maximum atomic E-state index is 11.3. The Morgan fingerprint density at radius 1 is 1.54 bits per heavy atom. The second kappa shape index (κ2) is 3.43. The summed E-state index contributed by atoms with van der Waals surface area (Å²) in [6.45, 7) is 0. The fourth-order valence-corrected chi connectivity index (χ4v) is 1.89. The van der Waals surface area contributed by atoms with Gasteiger partial charge in [-0.2, -0.15) is 0 Å². The van der Waals surface area contributed by atoms with Crippen LogP contribution in [0.4, 0.5) is 5.69 Å². The third kappa shape index (κ3) is 2.50. The largest absolute Gasteiger partial charge is 0.270 e. The maximum Gasteiger partial charge on any atom is 0.270 e. The zero-order valence-corrected chi connectivity index (χ0v) is 8.46. The standard InChI is InChI=1S/C7H8ClNO3S/c1-13(8,12)7-4-2-3-6(5-7)9(10)11/h2-5,13H,1H3. The van der Waals surface area contributed by atoms with E-state index in [4.69, 9.17) is 10.7 Å². The van der Waals surface area contributed by atoms with Crippen LogP contribution in [0.1, 0.15) is 0 Å². The Morgan fingerprint density at radius 2 is 2.15 bits per heavy atom. The number of benzene rings is 1. The summed E-state index contributed by atoms with van der Waals surface area (Å²) in [4.78, 5) is 10.1. The predicted molar refractivity (Wildman–Crippen MR) is 52.7 cm³/mol. The molecule has 6 heteroatoms.